The van der Waals surface area contributed by atoms with Gasteiger partial charge in [-0.3, -0.25) is 10.1 Å². The molecular weight excluding hydrogens is 372 g/mol. The van der Waals surface area contributed by atoms with E-state index >= 15 is 0 Å². The van der Waals surface area contributed by atoms with Crippen LogP contribution in [0, 0.1) is 30.9 Å². The van der Waals surface area contributed by atoms with E-state index in [1.807, 2.05) is 0 Å². The summed E-state index contributed by atoms with van der Waals surface area (Å²) in [5, 5.41) is 10.9. The number of benzene rings is 2. The van der Waals surface area contributed by atoms with Gasteiger partial charge in [0, 0.05) is 25.7 Å². The van der Waals surface area contributed by atoms with Crippen LogP contribution in [0.4, 0.5) is 5.69 Å². The summed E-state index contributed by atoms with van der Waals surface area (Å²) < 4.78 is 31.3. The van der Waals surface area contributed by atoms with Crippen LogP contribution in [0.5, 0.6) is 5.75 Å². The van der Waals surface area contributed by atoms with Gasteiger partial charge >= 0.3 is 5.97 Å². The van der Waals surface area contributed by atoms with Crippen LogP contribution in [0.1, 0.15) is 27.0 Å². The first-order valence-corrected chi connectivity index (χ1v) is 9.40. The fraction of sp³-hybridized carbons (Fsp3) is 0.278. The van der Waals surface area contributed by atoms with Crippen molar-refractivity contribution < 1.29 is 22.9 Å². The number of aryl methyl sites for hydroxylation is 2. The van der Waals surface area contributed by atoms with E-state index in [-0.39, 0.29) is 21.9 Å². The third-order valence-corrected chi connectivity index (χ3v) is 6.13. The Morgan fingerprint density at radius 1 is 1.07 bits per heavy atom. The highest BCUT2D eigenvalue weighted by atomic mass is 32.2. The van der Waals surface area contributed by atoms with Crippen LogP contribution in [0.2, 0.25) is 0 Å². The van der Waals surface area contributed by atoms with Crippen LogP contribution in [0.3, 0.4) is 0 Å². The second kappa shape index (κ2) is 7.45. The lowest BCUT2D eigenvalue weighted by Gasteiger charge is -2.16. The highest BCUT2D eigenvalue weighted by Crippen LogP contribution is 2.26. The SMILES string of the molecule is Cc1cc(OC(=O)c2cc(C)c(C)c(S(=O)(=O)N(C)C)c2)ccc1[N+](=O)[O-]. The molecule has 0 amide bonds. The molecule has 27 heavy (non-hydrogen) atoms. The third kappa shape index (κ3) is 4.15. The zero-order valence-corrected chi connectivity index (χ0v) is 16.5. The minimum absolute atomic E-state index is 0.0272. The van der Waals surface area contributed by atoms with Gasteiger partial charge in [-0.15, -0.1) is 0 Å². The lowest BCUT2D eigenvalue weighted by Crippen LogP contribution is -2.24. The molecular formula is C18H20N2O6S. The highest BCUT2D eigenvalue weighted by molar-refractivity contribution is 7.89. The van der Waals surface area contributed by atoms with Crippen LogP contribution in [-0.4, -0.2) is 37.7 Å². The monoisotopic (exact) mass is 392 g/mol. The van der Waals surface area contributed by atoms with E-state index in [2.05, 4.69) is 0 Å². The van der Waals surface area contributed by atoms with Gasteiger partial charge in [-0.25, -0.2) is 17.5 Å². The van der Waals surface area contributed by atoms with Crippen LogP contribution in [0.15, 0.2) is 35.2 Å². The summed E-state index contributed by atoms with van der Waals surface area (Å²) in [4.78, 5) is 22.9. The normalized spacial score (nSPS) is 11.5. The van der Waals surface area contributed by atoms with Crippen molar-refractivity contribution >= 4 is 21.7 Å². The zero-order valence-electron chi connectivity index (χ0n) is 15.6. The average Bonchev–Trinajstić information content (AvgIpc) is 2.56. The molecule has 0 saturated carbocycles. The van der Waals surface area contributed by atoms with Gasteiger partial charge in [-0.05, 0) is 56.2 Å². The number of nitro benzene ring substituents is 1. The smallest absolute Gasteiger partial charge is 0.343 e. The predicted molar refractivity (Wildman–Crippen MR) is 99.6 cm³/mol. The second-order valence-electron chi connectivity index (χ2n) is 6.30. The Morgan fingerprint density at radius 2 is 1.70 bits per heavy atom. The Balaban J connectivity index is 2.42. The quantitative estimate of drug-likeness (QED) is 0.335. The lowest BCUT2D eigenvalue weighted by molar-refractivity contribution is -0.385. The zero-order chi connectivity index (χ0) is 20.5. The molecule has 144 valence electrons. The van der Waals surface area contributed by atoms with Gasteiger partial charge in [0.2, 0.25) is 10.0 Å². The van der Waals surface area contributed by atoms with Gasteiger partial charge in [-0.2, -0.15) is 0 Å². The molecule has 0 bridgehead atoms. The van der Waals surface area contributed by atoms with Crippen LogP contribution in [-0.2, 0) is 10.0 Å². The van der Waals surface area contributed by atoms with Crippen molar-refractivity contribution in [3.05, 3.63) is 62.7 Å². The summed E-state index contributed by atoms with van der Waals surface area (Å²) in [7, 11) is -0.907. The number of nitrogens with zero attached hydrogens (tertiary/aromatic N) is 2. The fourth-order valence-electron chi connectivity index (χ4n) is 2.47. The van der Waals surface area contributed by atoms with Crippen molar-refractivity contribution in [2.24, 2.45) is 0 Å². The van der Waals surface area contributed by atoms with Gasteiger partial charge in [0.1, 0.15) is 5.75 Å². The molecule has 0 aliphatic heterocycles. The van der Waals surface area contributed by atoms with E-state index in [9.17, 15) is 23.3 Å². The summed E-state index contributed by atoms with van der Waals surface area (Å²) in [6.45, 7) is 4.91. The molecule has 0 unspecified atom stereocenters. The first kappa shape index (κ1) is 20.5. The molecule has 0 spiro atoms. The number of hydrogen-bond donors (Lipinski definition) is 0. The van der Waals surface area contributed by atoms with Crippen molar-refractivity contribution in [3.63, 3.8) is 0 Å². The number of sulfonamides is 1. The van der Waals surface area contributed by atoms with E-state index in [1.54, 1.807) is 19.9 Å². The minimum Gasteiger partial charge on any atom is -0.423 e. The average molecular weight is 392 g/mol. The first-order chi connectivity index (χ1) is 12.4. The molecule has 0 saturated heterocycles. The van der Waals surface area contributed by atoms with Gasteiger partial charge in [-0.1, -0.05) is 0 Å². The Bertz CT molecular complexity index is 1030. The van der Waals surface area contributed by atoms with Crippen LogP contribution >= 0.6 is 0 Å². The molecule has 2 rings (SSSR count). The van der Waals surface area contributed by atoms with Gasteiger partial charge < -0.3 is 4.74 Å². The van der Waals surface area contributed by atoms with Crippen molar-refractivity contribution in [2.75, 3.05) is 14.1 Å². The molecule has 2 aromatic carbocycles. The largest absolute Gasteiger partial charge is 0.423 e. The van der Waals surface area contributed by atoms with Gasteiger partial charge in [0.25, 0.3) is 5.69 Å². The molecule has 9 heteroatoms. The van der Waals surface area contributed by atoms with E-state index in [1.165, 1.54) is 45.3 Å². The van der Waals surface area contributed by atoms with E-state index < -0.39 is 20.9 Å². The third-order valence-electron chi connectivity index (χ3n) is 4.19. The molecule has 2 aromatic rings. The Kier molecular flexibility index (Phi) is 5.67. The second-order valence-corrected chi connectivity index (χ2v) is 8.42. The van der Waals surface area contributed by atoms with Gasteiger partial charge in [0.15, 0.2) is 0 Å². The summed E-state index contributed by atoms with van der Waals surface area (Å²) >= 11 is 0. The summed E-state index contributed by atoms with van der Waals surface area (Å²) in [6.07, 6.45) is 0. The maximum Gasteiger partial charge on any atom is 0.343 e. The molecule has 0 atom stereocenters. The molecule has 0 heterocycles. The topological polar surface area (TPSA) is 107 Å². The molecule has 8 nitrogen and oxygen atoms in total. The van der Waals surface area contributed by atoms with Crippen molar-refractivity contribution in [2.45, 2.75) is 25.7 Å². The summed E-state index contributed by atoms with van der Waals surface area (Å²) in [6, 6.07) is 6.78. The lowest BCUT2D eigenvalue weighted by atomic mass is 10.1. The number of nitro groups is 1. The fourth-order valence-corrected chi connectivity index (χ4v) is 3.69. The minimum atomic E-state index is -3.73. The van der Waals surface area contributed by atoms with Crippen molar-refractivity contribution in [3.8, 4) is 5.75 Å². The van der Waals surface area contributed by atoms with Gasteiger partial charge in [0.05, 0.1) is 15.4 Å². The summed E-state index contributed by atoms with van der Waals surface area (Å²) in [5.41, 5.74) is 1.52. The number of hydrogen-bond acceptors (Lipinski definition) is 6. The first-order valence-electron chi connectivity index (χ1n) is 7.96. The molecule has 0 aliphatic carbocycles. The summed E-state index contributed by atoms with van der Waals surface area (Å²) in [5.74, 6) is -0.611. The molecule has 0 radical (unpaired) electrons. The van der Waals surface area contributed by atoms with Crippen LogP contribution in [0.25, 0.3) is 0 Å². The maximum absolute atomic E-state index is 12.5. The van der Waals surface area contributed by atoms with Crippen molar-refractivity contribution in [1.29, 1.82) is 0 Å². The number of carbonyl (C=O) groups is 1. The Morgan fingerprint density at radius 3 is 2.22 bits per heavy atom. The Hall–Kier alpha value is -2.78. The highest BCUT2D eigenvalue weighted by Gasteiger charge is 2.23. The van der Waals surface area contributed by atoms with E-state index in [0.717, 1.165) is 4.31 Å². The number of esters is 1. The maximum atomic E-state index is 12.5. The number of ether oxygens (including phenoxy) is 1. The van der Waals surface area contributed by atoms with Crippen LogP contribution < -0.4 is 4.74 Å². The van der Waals surface area contributed by atoms with E-state index in [0.29, 0.717) is 16.7 Å². The standard InChI is InChI=1S/C18H20N2O6S/c1-11-8-14(10-17(13(11)3)27(24,25)19(4)5)18(21)26-15-6-7-16(20(22)23)12(2)9-15/h6-10H,1-5H3. The van der Waals surface area contributed by atoms with Crippen molar-refractivity contribution in [1.82, 2.24) is 4.31 Å². The molecule has 0 aliphatic rings. The molecule has 0 aromatic heterocycles. The molecule has 0 N–H and O–H groups in total. The number of carbonyl (C=O) groups excluding carboxylic acids is 1. The number of rotatable bonds is 5. The van der Waals surface area contributed by atoms with E-state index in [4.69, 9.17) is 4.74 Å². The predicted octanol–water partition coefficient (Wildman–Crippen LogP) is 2.99. The Labute approximate surface area is 157 Å². The molecule has 0 fully saturated rings.